The highest BCUT2D eigenvalue weighted by atomic mass is 16.4. The van der Waals surface area contributed by atoms with Crippen LogP contribution in [0, 0.1) is 13.8 Å². The number of carbonyl (C=O) groups excluding carboxylic acids is 1. The molecule has 0 bridgehead atoms. The molecule has 1 atom stereocenters. The molecule has 0 saturated heterocycles. The lowest BCUT2D eigenvalue weighted by Crippen LogP contribution is -2.23. The second-order valence-electron chi connectivity index (χ2n) is 5.86. The highest BCUT2D eigenvalue weighted by molar-refractivity contribution is 6.04. The molecular weight excluding hydrogens is 292 g/mol. The first-order chi connectivity index (χ1) is 10.9. The Morgan fingerprint density at radius 3 is 2.70 bits per heavy atom. The minimum Gasteiger partial charge on any atom is -0.427 e. The number of nitrogens with zero attached hydrogens (tertiary/aromatic N) is 1. The topological polar surface area (TPSA) is 72.2 Å². The van der Waals surface area contributed by atoms with Gasteiger partial charge >= 0.3 is 5.63 Å². The summed E-state index contributed by atoms with van der Waals surface area (Å²) in [6.45, 7) is 7.74. The summed E-state index contributed by atoms with van der Waals surface area (Å²) in [5.41, 5.74) is 1.01. The Balaban J connectivity index is 2.29. The third-order valence-corrected chi connectivity index (χ3v) is 3.76. The lowest BCUT2D eigenvalue weighted by molar-refractivity contribution is 0.102. The number of pyridine rings is 1. The summed E-state index contributed by atoms with van der Waals surface area (Å²) in [7, 11) is 0. The van der Waals surface area contributed by atoms with Gasteiger partial charge in [0, 0.05) is 12.1 Å². The molecule has 0 radical (unpaired) electrons. The van der Waals surface area contributed by atoms with Crippen molar-refractivity contribution in [1.29, 1.82) is 0 Å². The first-order valence-corrected chi connectivity index (χ1v) is 7.81. The van der Waals surface area contributed by atoms with Crippen LogP contribution in [0.1, 0.15) is 59.9 Å². The van der Waals surface area contributed by atoms with Crippen LogP contribution in [0.2, 0.25) is 0 Å². The van der Waals surface area contributed by atoms with Crippen LogP contribution < -0.4 is 10.9 Å². The number of rotatable bonds is 5. The summed E-state index contributed by atoms with van der Waals surface area (Å²) in [5.74, 6) is 0.697. The number of amides is 1. The van der Waals surface area contributed by atoms with Crippen molar-refractivity contribution in [2.45, 2.75) is 46.5 Å². The largest absolute Gasteiger partial charge is 0.427 e. The molecule has 5 nitrogen and oxygen atoms in total. The van der Waals surface area contributed by atoms with Crippen molar-refractivity contribution in [3.05, 3.63) is 57.3 Å². The Kier molecular flexibility index (Phi) is 5.32. The molecular formula is C18H22N2O3. The fraction of sp³-hybridized carbons (Fsp3) is 0.389. The van der Waals surface area contributed by atoms with Gasteiger partial charge in [0.05, 0.1) is 0 Å². The summed E-state index contributed by atoms with van der Waals surface area (Å²) >= 11 is 0. The third kappa shape index (κ3) is 4.06. The predicted octanol–water partition coefficient (Wildman–Crippen LogP) is 3.81. The van der Waals surface area contributed by atoms with Gasteiger partial charge < -0.3 is 9.73 Å². The molecule has 0 aliphatic heterocycles. The second kappa shape index (κ2) is 7.22. The highest BCUT2D eigenvalue weighted by Crippen LogP contribution is 2.21. The molecule has 0 fully saturated rings. The van der Waals surface area contributed by atoms with Crippen molar-refractivity contribution in [3.63, 3.8) is 0 Å². The Morgan fingerprint density at radius 1 is 1.35 bits per heavy atom. The molecule has 1 N–H and O–H groups in total. The lowest BCUT2D eigenvalue weighted by Gasteiger charge is -2.11. The van der Waals surface area contributed by atoms with Crippen LogP contribution in [-0.4, -0.2) is 10.9 Å². The van der Waals surface area contributed by atoms with Crippen LogP contribution in [0.25, 0.3) is 0 Å². The van der Waals surface area contributed by atoms with Crippen LogP contribution in [0.4, 0.5) is 5.82 Å². The van der Waals surface area contributed by atoms with Gasteiger partial charge in [0.1, 0.15) is 17.1 Å². The van der Waals surface area contributed by atoms with Gasteiger partial charge in [0.25, 0.3) is 5.91 Å². The Morgan fingerprint density at radius 2 is 2.09 bits per heavy atom. The van der Waals surface area contributed by atoms with Crippen molar-refractivity contribution in [2.24, 2.45) is 0 Å². The SMILES string of the molecule is CCCC(C)c1cc(C)c(C(=O)Nc2cc(C)ccn2)c(=O)o1. The van der Waals surface area contributed by atoms with Crippen LogP contribution in [0.5, 0.6) is 0 Å². The van der Waals surface area contributed by atoms with E-state index in [0.29, 0.717) is 17.1 Å². The third-order valence-electron chi connectivity index (χ3n) is 3.76. The van der Waals surface area contributed by atoms with E-state index in [1.165, 1.54) is 0 Å². The molecule has 0 aromatic carbocycles. The molecule has 1 amide bonds. The number of aryl methyl sites for hydroxylation is 2. The second-order valence-corrected chi connectivity index (χ2v) is 5.86. The fourth-order valence-corrected chi connectivity index (χ4v) is 2.51. The van der Waals surface area contributed by atoms with Crippen molar-refractivity contribution < 1.29 is 9.21 Å². The molecule has 2 heterocycles. The van der Waals surface area contributed by atoms with Gasteiger partial charge in [-0.15, -0.1) is 0 Å². The first kappa shape index (κ1) is 16.9. The molecule has 0 saturated carbocycles. The van der Waals surface area contributed by atoms with Crippen LogP contribution in [0.15, 0.2) is 33.6 Å². The molecule has 122 valence electrons. The van der Waals surface area contributed by atoms with Gasteiger partial charge in [-0.1, -0.05) is 20.3 Å². The van der Waals surface area contributed by atoms with E-state index >= 15 is 0 Å². The summed E-state index contributed by atoms with van der Waals surface area (Å²) in [5, 5.41) is 2.64. The average Bonchev–Trinajstić information content (AvgIpc) is 2.46. The number of hydrogen-bond donors (Lipinski definition) is 1. The van der Waals surface area contributed by atoms with Crippen LogP contribution in [-0.2, 0) is 0 Å². The fourth-order valence-electron chi connectivity index (χ4n) is 2.51. The maximum absolute atomic E-state index is 12.4. The standard InChI is InChI=1S/C18H22N2O3/c1-5-6-12(3)14-10-13(4)16(18(22)23-14)17(21)20-15-9-11(2)7-8-19-15/h7-10,12H,5-6H2,1-4H3,(H,19,20,21). The minimum absolute atomic E-state index is 0.0285. The van der Waals surface area contributed by atoms with Crippen LogP contribution in [0.3, 0.4) is 0 Å². The van der Waals surface area contributed by atoms with E-state index in [4.69, 9.17) is 4.42 Å². The van der Waals surface area contributed by atoms with E-state index in [9.17, 15) is 9.59 Å². The van der Waals surface area contributed by atoms with E-state index in [2.05, 4.69) is 17.2 Å². The molecule has 1 unspecified atom stereocenters. The number of carbonyl (C=O) groups is 1. The molecule has 23 heavy (non-hydrogen) atoms. The molecule has 0 spiro atoms. The van der Waals surface area contributed by atoms with Crippen molar-refractivity contribution in [1.82, 2.24) is 4.98 Å². The summed E-state index contributed by atoms with van der Waals surface area (Å²) in [6, 6.07) is 5.35. The highest BCUT2D eigenvalue weighted by Gasteiger charge is 2.19. The van der Waals surface area contributed by atoms with Gasteiger partial charge in [0.2, 0.25) is 0 Å². The monoisotopic (exact) mass is 314 g/mol. The first-order valence-electron chi connectivity index (χ1n) is 7.81. The van der Waals surface area contributed by atoms with Gasteiger partial charge in [-0.2, -0.15) is 0 Å². The smallest absolute Gasteiger partial charge is 0.349 e. The Bertz CT molecular complexity index is 765. The quantitative estimate of drug-likeness (QED) is 0.911. The van der Waals surface area contributed by atoms with E-state index in [-0.39, 0.29) is 11.5 Å². The summed E-state index contributed by atoms with van der Waals surface area (Å²) in [6.07, 6.45) is 3.54. The normalized spacial score (nSPS) is 12.0. The van der Waals surface area contributed by atoms with E-state index in [0.717, 1.165) is 18.4 Å². The van der Waals surface area contributed by atoms with Gasteiger partial charge in [-0.05, 0) is 49.6 Å². The zero-order valence-electron chi connectivity index (χ0n) is 14.0. The van der Waals surface area contributed by atoms with Crippen LogP contribution >= 0.6 is 0 Å². The minimum atomic E-state index is -0.604. The lowest BCUT2D eigenvalue weighted by atomic mass is 10.0. The maximum atomic E-state index is 12.4. The van der Waals surface area contributed by atoms with Crippen molar-refractivity contribution in [2.75, 3.05) is 5.32 Å². The maximum Gasteiger partial charge on any atom is 0.349 e. The Hall–Kier alpha value is -2.43. The summed E-state index contributed by atoms with van der Waals surface area (Å²) in [4.78, 5) is 28.7. The van der Waals surface area contributed by atoms with E-state index in [1.807, 2.05) is 19.9 Å². The van der Waals surface area contributed by atoms with E-state index in [1.54, 1.807) is 25.3 Å². The molecule has 2 aromatic rings. The zero-order chi connectivity index (χ0) is 17.0. The predicted molar refractivity (Wildman–Crippen MR) is 90.0 cm³/mol. The molecule has 0 aliphatic rings. The number of aromatic nitrogens is 1. The molecule has 0 aliphatic carbocycles. The Labute approximate surface area is 135 Å². The number of nitrogens with one attached hydrogen (secondary N) is 1. The summed E-state index contributed by atoms with van der Waals surface area (Å²) < 4.78 is 5.35. The van der Waals surface area contributed by atoms with Gasteiger partial charge in [-0.25, -0.2) is 9.78 Å². The number of hydrogen-bond acceptors (Lipinski definition) is 4. The van der Waals surface area contributed by atoms with Crippen molar-refractivity contribution >= 4 is 11.7 Å². The zero-order valence-corrected chi connectivity index (χ0v) is 14.0. The molecule has 5 heteroatoms. The molecule has 2 aromatic heterocycles. The van der Waals surface area contributed by atoms with Gasteiger partial charge in [0.15, 0.2) is 0 Å². The average molecular weight is 314 g/mol. The van der Waals surface area contributed by atoms with Gasteiger partial charge in [-0.3, -0.25) is 4.79 Å². The van der Waals surface area contributed by atoms with Crippen molar-refractivity contribution in [3.8, 4) is 0 Å². The van der Waals surface area contributed by atoms with E-state index < -0.39 is 11.5 Å². The number of anilines is 1. The molecule has 2 rings (SSSR count).